The van der Waals surface area contributed by atoms with Crippen molar-refractivity contribution in [1.29, 1.82) is 0 Å². The summed E-state index contributed by atoms with van der Waals surface area (Å²) in [4.78, 5) is 33.6. The third-order valence-corrected chi connectivity index (χ3v) is 4.13. The number of nitro benzene ring substituents is 1. The van der Waals surface area contributed by atoms with E-state index in [1.165, 1.54) is 18.3 Å². The lowest BCUT2D eigenvalue weighted by molar-refractivity contribution is -0.384. The lowest BCUT2D eigenvalue weighted by Crippen LogP contribution is -2.34. The van der Waals surface area contributed by atoms with Crippen LogP contribution in [0.5, 0.6) is 0 Å². The van der Waals surface area contributed by atoms with Gasteiger partial charge in [0, 0.05) is 24.6 Å². The van der Waals surface area contributed by atoms with Crippen molar-refractivity contribution in [3.63, 3.8) is 0 Å². The molecular formula is C15H17N5O4S. The fourth-order valence-electron chi connectivity index (χ4n) is 1.97. The van der Waals surface area contributed by atoms with Gasteiger partial charge in [-0.1, -0.05) is 11.8 Å². The number of carbonyl (C=O) groups excluding carboxylic acids is 2. The Hall–Kier alpha value is -2.75. The number of carbonyl (C=O) groups is 2. The lowest BCUT2D eigenvalue weighted by atomic mass is 10.2. The molecule has 9 nitrogen and oxygen atoms in total. The second-order valence-corrected chi connectivity index (χ2v) is 6.71. The summed E-state index contributed by atoms with van der Waals surface area (Å²) < 4.78 is 0. The molecule has 0 bridgehead atoms. The van der Waals surface area contributed by atoms with Crippen molar-refractivity contribution < 1.29 is 14.5 Å². The van der Waals surface area contributed by atoms with E-state index in [4.69, 9.17) is 0 Å². The van der Waals surface area contributed by atoms with Crippen molar-refractivity contribution in [2.75, 3.05) is 0 Å². The normalized spacial score (nSPS) is 18.8. The number of benzene rings is 1. The van der Waals surface area contributed by atoms with E-state index >= 15 is 0 Å². The Kier molecular flexibility index (Phi) is 6.23. The highest BCUT2D eigenvalue weighted by Gasteiger charge is 2.32. The molecule has 132 valence electrons. The number of hydrogen-bond acceptors (Lipinski definition) is 7. The zero-order chi connectivity index (χ0) is 18.4. The number of thioether (sulfide) groups is 1. The topological polar surface area (TPSA) is 126 Å². The average molecular weight is 363 g/mol. The predicted octanol–water partition coefficient (Wildman–Crippen LogP) is 1.43. The van der Waals surface area contributed by atoms with Crippen molar-refractivity contribution in [3.8, 4) is 0 Å². The summed E-state index contributed by atoms with van der Waals surface area (Å²) in [7, 11) is 0. The monoisotopic (exact) mass is 363 g/mol. The summed E-state index contributed by atoms with van der Waals surface area (Å²) in [5.74, 6) is -0.480. The molecule has 2 amide bonds. The first kappa shape index (κ1) is 18.6. The van der Waals surface area contributed by atoms with E-state index in [1.807, 2.05) is 13.8 Å². The van der Waals surface area contributed by atoms with E-state index in [9.17, 15) is 19.7 Å². The molecule has 0 spiro atoms. The van der Waals surface area contributed by atoms with Crippen LogP contribution in [0.3, 0.4) is 0 Å². The van der Waals surface area contributed by atoms with Gasteiger partial charge in [0.2, 0.25) is 11.8 Å². The Bertz CT molecular complexity index is 730. The van der Waals surface area contributed by atoms with Crippen LogP contribution in [-0.2, 0) is 9.59 Å². The highest BCUT2D eigenvalue weighted by Crippen LogP contribution is 2.22. The number of nitrogens with zero attached hydrogens (tertiary/aromatic N) is 3. The van der Waals surface area contributed by atoms with Crippen LogP contribution in [0.2, 0.25) is 0 Å². The lowest BCUT2D eigenvalue weighted by Gasteiger charge is -2.09. The number of amidine groups is 1. The highest BCUT2D eigenvalue weighted by atomic mass is 32.2. The SMILES string of the molecule is CC(C)NC(=O)C[C@H]1S/C(=N/N=Cc2ccc([N+](=O)[O-])cc2)NC1=O. The van der Waals surface area contributed by atoms with E-state index in [-0.39, 0.29) is 30.0 Å². The molecule has 0 aliphatic carbocycles. The number of nitro groups is 1. The predicted molar refractivity (Wildman–Crippen MR) is 95.5 cm³/mol. The first-order valence-corrected chi connectivity index (χ1v) is 8.35. The van der Waals surface area contributed by atoms with Crippen molar-refractivity contribution in [3.05, 3.63) is 39.9 Å². The molecule has 1 fully saturated rings. The van der Waals surface area contributed by atoms with Gasteiger partial charge in [0.05, 0.1) is 11.1 Å². The number of amides is 2. The summed E-state index contributed by atoms with van der Waals surface area (Å²) >= 11 is 1.14. The van der Waals surface area contributed by atoms with Gasteiger partial charge in [0.25, 0.3) is 5.69 Å². The molecule has 0 aromatic heterocycles. The first-order valence-electron chi connectivity index (χ1n) is 7.47. The van der Waals surface area contributed by atoms with Gasteiger partial charge in [-0.3, -0.25) is 19.7 Å². The van der Waals surface area contributed by atoms with E-state index in [2.05, 4.69) is 20.8 Å². The summed E-state index contributed by atoms with van der Waals surface area (Å²) in [5, 5.41) is 23.4. The fourth-order valence-corrected chi connectivity index (χ4v) is 2.89. The van der Waals surface area contributed by atoms with Crippen molar-refractivity contribution in [1.82, 2.24) is 10.6 Å². The third-order valence-electron chi connectivity index (χ3n) is 3.06. The number of rotatable bonds is 6. The van der Waals surface area contributed by atoms with Crippen LogP contribution < -0.4 is 10.6 Å². The van der Waals surface area contributed by atoms with Gasteiger partial charge in [-0.25, -0.2) is 0 Å². The Labute approximate surface area is 148 Å². The first-order chi connectivity index (χ1) is 11.8. The number of hydrogen-bond donors (Lipinski definition) is 2. The van der Waals surface area contributed by atoms with Crippen molar-refractivity contribution in [2.45, 2.75) is 31.6 Å². The second kappa shape index (κ2) is 8.38. The zero-order valence-electron chi connectivity index (χ0n) is 13.6. The van der Waals surface area contributed by atoms with Gasteiger partial charge in [0.15, 0.2) is 5.17 Å². The third kappa shape index (κ3) is 5.68. The summed E-state index contributed by atoms with van der Waals surface area (Å²) in [6, 6.07) is 5.83. The molecule has 1 aliphatic heterocycles. The zero-order valence-corrected chi connectivity index (χ0v) is 14.4. The van der Waals surface area contributed by atoms with E-state index in [0.29, 0.717) is 10.7 Å². The number of nitrogens with one attached hydrogen (secondary N) is 2. The number of non-ortho nitro benzene ring substituents is 1. The van der Waals surface area contributed by atoms with Crippen LogP contribution >= 0.6 is 11.8 Å². The summed E-state index contributed by atoms with van der Waals surface area (Å²) in [6.45, 7) is 3.69. The minimum Gasteiger partial charge on any atom is -0.354 e. The Morgan fingerprint density at radius 1 is 1.44 bits per heavy atom. The maximum atomic E-state index is 11.8. The van der Waals surface area contributed by atoms with Crippen LogP contribution in [0.15, 0.2) is 34.5 Å². The molecule has 25 heavy (non-hydrogen) atoms. The van der Waals surface area contributed by atoms with Gasteiger partial charge in [-0.05, 0) is 31.5 Å². The molecule has 2 rings (SSSR count). The van der Waals surface area contributed by atoms with E-state index < -0.39 is 10.2 Å². The molecule has 2 N–H and O–H groups in total. The smallest absolute Gasteiger partial charge is 0.269 e. The molecule has 1 aliphatic rings. The minimum absolute atomic E-state index is 0.00964. The molecule has 0 saturated carbocycles. The maximum absolute atomic E-state index is 11.8. The minimum atomic E-state index is -0.535. The molecule has 1 aromatic rings. The average Bonchev–Trinajstić information content (AvgIpc) is 2.86. The molecule has 1 saturated heterocycles. The molecule has 0 unspecified atom stereocenters. The Balaban J connectivity index is 1.92. The molecule has 1 aromatic carbocycles. The van der Waals surface area contributed by atoms with Crippen LogP contribution in [-0.4, -0.2) is 39.4 Å². The van der Waals surface area contributed by atoms with Gasteiger partial charge < -0.3 is 10.6 Å². The summed E-state index contributed by atoms with van der Waals surface area (Å²) in [5.41, 5.74) is 0.627. The Morgan fingerprint density at radius 3 is 2.72 bits per heavy atom. The quantitative estimate of drug-likeness (QED) is 0.449. The van der Waals surface area contributed by atoms with Gasteiger partial charge in [-0.15, -0.1) is 5.10 Å². The molecule has 0 radical (unpaired) electrons. The van der Waals surface area contributed by atoms with Crippen LogP contribution in [0.1, 0.15) is 25.8 Å². The van der Waals surface area contributed by atoms with Gasteiger partial charge in [0.1, 0.15) is 5.25 Å². The maximum Gasteiger partial charge on any atom is 0.269 e. The van der Waals surface area contributed by atoms with Gasteiger partial charge in [-0.2, -0.15) is 5.10 Å². The molecule has 1 atom stereocenters. The van der Waals surface area contributed by atoms with Crippen LogP contribution in [0, 0.1) is 10.1 Å². The van der Waals surface area contributed by atoms with Gasteiger partial charge >= 0.3 is 0 Å². The molecule has 10 heteroatoms. The van der Waals surface area contributed by atoms with Crippen LogP contribution in [0.25, 0.3) is 0 Å². The largest absolute Gasteiger partial charge is 0.354 e. The standard InChI is InChI=1S/C15H17N5O4S/c1-9(2)17-13(21)7-12-14(22)18-15(25-12)19-16-8-10-3-5-11(6-4-10)20(23)24/h3-6,8-9,12H,7H2,1-2H3,(H,17,21)(H,18,19,22)/t12-/m1/s1. The summed E-state index contributed by atoms with van der Waals surface area (Å²) in [6.07, 6.45) is 1.49. The van der Waals surface area contributed by atoms with E-state index in [0.717, 1.165) is 11.8 Å². The Morgan fingerprint density at radius 2 is 2.12 bits per heavy atom. The van der Waals surface area contributed by atoms with Crippen LogP contribution in [0.4, 0.5) is 5.69 Å². The highest BCUT2D eigenvalue weighted by molar-refractivity contribution is 8.15. The molecular weight excluding hydrogens is 346 g/mol. The van der Waals surface area contributed by atoms with Crippen molar-refractivity contribution in [2.24, 2.45) is 10.2 Å². The second-order valence-electron chi connectivity index (χ2n) is 5.52. The molecule has 1 heterocycles. The van der Waals surface area contributed by atoms with Crippen molar-refractivity contribution >= 4 is 40.6 Å². The van der Waals surface area contributed by atoms with E-state index in [1.54, 1.807) is 12.1 Å². The fraction of sp³-hybridized carbons (Fsp3) is 0.333.